The van der Waals surface area contributed by atoms with Crippen LogP contribution in [0.15, 0.2) is 78.9 Å². The second-order valence-electron chi connectivity index (χ2n) is 8.40. The van der Waals surface area contributed by atoms with Crippen molar-refractivity contribution < 1.29 is 9.52 Å². The van der Waals surface area contributed by atoms with Gasteiger partial charge in [-0.25, -0.2) is 4.79 Å². The first-order chi connectivity index (χ1) is 13.8. The molecule has 3 rings (SSSR count). The van der Waals surface area contributed by atoms with E-state index < -0.39 is 0 Å². The predicted molar refractivity (Wildman–Crippen MR) is 121 cm³/mol. The molecule has 0 aliphatic heterocycles. The molecule has 154 valence electrons. The van der Waals surface area contributed by atoms with Gasteiger partial charge in [0, 0.05) is 12.0 Å². The number of hydrogen-bond donors (Lipinski definition) is 1. The Morgan fingerprint density at radius 2 is 1.83 bits per heavy atom. The predicted octanol–water partition coefficient (Wildman–Crippen LogP) is 7.21. The van der Waals surface area contributed by atoms with Crippen molar-refractivity contribution in [3.63, 3.8) is 0 Å². The normalized spacial score (nSPS) is 17.2. The largest absolute Gasteiger partial charge is 0.512 e. The minimum Gasteiger partial charge on any atom is -0.512 e. The molecule has 1 aliphatic carbocycles. The van der Waals surface area contributed by atoms with E-state index in [1.165, 1.54) is 16.7 Å². The molecule has 1 unspecified atom stereocenters. The highest BCUT2D eigenvalue weighted by Gasteiger charge is 2.27. The lowest BCUT2D eigenvalue weighted by Gasteiger charge is -2.28. The summed E-state index contributed by atoms with van der Waals surface area (Å²) in [6.07, 6.45) is 4.62. The zero-order valence-corrected chi connectivity index (χ0v) is 18.5. The molecule has 0 radical (unpaired) electrons. The summed E-state index contributed by atoms with van der Waals surface area (Å²) in [5, 5.41) is 10.3. The van der Waals surface area contributed by atoms with Crippen molar-refractivity contribution in [3.05, 3.63) is 75.2 Å². The molecule has 2 aromatic rings. The number of allylic oxidation sites excluding steroid dienone is 4. The highest BCUT2D eigenvalue weighted by Crippen LogP contribution is 2.44. The van der Waals surface area contributed by atoms with E-state index >= 15 is 0 Å². The van der Waals surface area contributed by atoms with Crippen molar-refractivity contribution in [3.8, 4) is 11.3 Å². The summed E-state index contributed by atoms with van der Waals surface area (Å²) in [5.41, 5.74) is 1.70. The third kappa shape index (κ3) is 5.45. The van der Waals surface area contributed by atoms with Gasteiger partial charge in [-0.3, -0.25) is 0 Å². The minimum absolute atomic E-state index is 0.234. The van der Waals surface area contributed by atoms with Crippen LogP contribution in [0, 0.1) is 17.8 Å². The van der Waals surface area contributed by atoms with Crippen LogP contribution in [-0.2, 0) is 0 Å². The van der Waals surface area contributed by atoms with Crippen molar-refractivity contribution in [1.82, 2.24) is 0 Å². The van der Waals surface area contributed by atoms with E-state index in [9.17, 15) is 9.90 Å². The summed E-state index contributed by atoms with van der Waals surface area (Å²) in [4.78, 5) is 14.5. The van der Waals surface area contributed by atoms with Crippen LogP contribution in [0.2, 0.25) is 0 Å². The van der Waals surface area contributed by atoms with Crippen LogP contribution in [0.25, 0.3) is 11.3 Å². The summed E-state index contributed by atoms with van der Waals surface area (Å²) in [7, 11) is 0. The summed E-state index contributed by atoms with van der Waals surface area (Å²) in [6, 6.07) is 13.4. The summed E-state index contributed by atoms with van der Waals surface area (Å²) in [6.45, 7) is 8.70. The Morgan fingerprint density at radius 1 is 1.10 bits per heavy atom. The van der Waals surface area contributed by atoms with E-state index in [2.05, 4.69) is 27.7 Å². The average Bonchev–Trinajstić information content (AvgIpc) is 2.69. The maximum Gasteiger partial charge on any atom is 0.350 e. The molecule has 1 N–H and O–H groups in total. The van der Waals surface area contributed by atoms with Crippen molar-refractivity contribution in [2.24, 2.45) is 17.8 Å². The molecule has 0 saturated carbocycles. The molecule has 1 aromatic heterocycles. The highest BCUT2D eigenvalue weighted by molar-refractivity contribution is 8.03. The van der Waals surface area contributed by atoms with E-state index in [1.807, 2.05) is 48.5 Å². The zero-order valence-electron chi connectivity index (χ0n) is 17.6. The Labute approximate surface area is 177 Å². The molecule has 0 fully saturated rings. The van der Waals surface area contributed by atoms with E-state index in [1.54, 1.807) is 0 Å². The van der Waals surface area contributed by atoms with Crippen LogP contribution in [0.5, 0.6) is 0 Å². The van der Waals surface area contributed by atoms with Crippen LogP contribution in [-0.4, -0.2) is 5.11 Å². The Hall–Kier alpha value is -2.20. The van der Waals surface area contributed by atoms with Crippen molar-refractivity contribution in [1.29, 1.82) is 0 Å². The number of rotatable bonds is 7. The molecule has 1 aliphatic rings. The Balaban J connectivity index is 1.93. The second-order valence-corrected chi connectivity index (χ2v) is 9.49. The number of benzene rings is 1. The highest BCUT2D eigenvalue weighted by atomic mass is 32.2. The van der Waals surface area contributed by atoms with Gasteiger partial charge in [-0.15, -0.1) is 0 Å². The lowest BCUT2D eigenvalue weighted by molar-refractivity contribution is 0.344. The van der Waals surface area contributed by atoms with Crippen LogP contribution < -0.4 is 5.63 Å². The fourth-order valence-electron chi connectivity index (χ4n) is 3.61. The molecule has 0 bridgehead atoms. The van der Waals surface area contributed by atoms with E-state index in [4.69, 9.17) is 4.42 Å². The van der Waals surface area contributed by atoms with E-state index in [0.29, 0.717) is 28.8 Å². The number of hydrogen-bond acceptors (Lipinski definition) is 4. The quantitative estimate of drug-likeness (QED) is 0.524. The molecular formula is C25H30O3S. The molecule has 1 heterocycles. The minimum atomic E-state index is -0.312. The van der Waals surface area contributed by atoms with Gasteiger partial charge < -0.3 is 9.52 Å². The fourth-order valence-corrected chi connectivity index (χ4v) is 4.89. The van der Waals surface area contributed by atoms with E-state index in [0.717, 1.165) is 24.0 Å². The smallest absolute Gasteiger partial charge is 0.350 e. The molecule has 4 heteroatoms. The Bertz CT molecular complexity index is 952. The van der Waals surface area contributed by atoms with Crippen LogP contribution in [0.1, 0.15) is 47.0 Å². The maximum absolute atomic E-state index is 12.7. The first-order valence-electron chi connectivity index (χ1n) is 10.4. The van der Waals surface area contributed by atoms with Gasteiger partial charge in [-0.05, 0) is 52.9 Å². The van der Waals surface area contributed by atoms with Crippen molar-refractivity contribution in [2.75, 3.05) is 0 Å². The van der Waals surface area contributed by atoms with Crippen LogP contribution in [0.3, 0.4) is 0 Å². The second kappa shape index (κ2) is 9.53. The SMILES string of the molecule is CC(C)CCC1CC(O)=CC(C(C)C)=C1Sc1ccc(-c2ccccc2)oc1=O. The monoisotopic (exact) mass is 410 g/mol. The summed E-state index contributed by atoms with van der Waals surface area (Å²) >= 11 is 1.51. The maximum atomic E-state index is 12.7. The third-order valence-electron chi connectivity index (χ3n) is 5.22. The average molecular weight is 411 g/mol. The molecule has 1 aromatic carbocycles. The van der Waals surface area contributed by atoms with E-state index in [-0.39, 0.29) is 17.5 Å². The summed E-state index contributed by atoms with van der Waals surface area (Å²) < 4.78 is 5.62. The number of aliphatic hydroxyl groups is 1. The van der Waals surface area contributed by atoms with Gasteiger partial charge in [0.15, 0.2) is 0 Å². The molecular weight excluding hydrogens is 380 g/mol. The van der Waals surface area contributed by atoms with Crippen molar-refractivity contribution in [2.45, 2.75) is 51.9 Å². The topological polar surface area (TPSA) is 50.4 Å². The fraction of sp³-hybridized carbons (Fsp3) is 0.400. The standard InChI is InChI=1S/C25H30O3S/c1-16(2)10-11-19-14-20(26)15-21(17(3)4)24(19)29-23-13-12-22(28-25(23)27)18-8-6-5-7-9-18/h5-9,12-13,15-17,19,26H,10-11,14H2,1-4H3. The van der Waals surface area contributed by atoms with Gasteiger partial charge in [-0.2, -0.15) is 0 Å². The zero-order chi connectivity index (χ0) is 21.0. The molecule has 29 heavy (non-hydrogen) atoms. The van der Waals surface area contributed by atoms with Crippen LogP contribution in [0.4, 0.5) is 0 Å². The Kier molecular flexibility index (Phi) is 7.07. The molecule has 1 atom stereocenters. The van der Waals surface area contributed by atoms with Gasteiger partial charge in [0.25, 0.3) is 0 Å². The lowest BCUT2D eigenvalue weighted by Crippen LogP contribution is -2.15. The lowest BCUT2D eigenvalue weighted by atomic mass is 9.85. The number of aliphatic hydroxyl groups excluding tert-OH is 1. The van der Waals surface area contributed by atoms with Crippen LogP contribution >= 0.6 is 11.8 Å². The van der Waals surface area contributed by atoms with Gasteiger partial charge >= 0.3 is 5.63 Å². The first-order valence-corrected chi connectivity index (χ1v) is 11.2. The summed E-state index contributed by atoms with van der Waals surface area (Å²) in [5.74, 6) is 2.14. The van der Waals surface area contributed by atoms with Gasteiger partial charge in [0.1, 0.15) is 5.76 Å². The number of thioether (sulfide) groups is 1. The van der Waals surface area contributed by atoms with Gasteiger partial charge in [0.2, 0.25) is 0 Å². The van der Waals surface area contributed by atoms with Gasteiger partial charge in [0.05, 0.1) is 10.7 Å². The molecule has 0 saturated heterocycles. The van der Waals surface area contributed by atoms with Gasteiger partial charge in [-0.1, -0.05) is 76.2 Å². The first kappa shape index (κ1) is 21.5. The third-order valence-corrected chi connectivity index (χ3v) is 6.53. The molecule has 0 spiro atoms. The molecule has 0 amide bonds. The molecule has 3 nitrogen and oxygen atoms in total. The Morgan fingerprint density at radius 3 is 2.45 bits per heavy atom. The van der Waals surface area contributed by atoms with Crippen molar-refractivity contribution >= 4 is 11.8 Å².